The number of fused-ring (bicyclic) bond motifs is 1. The second kappa shape index (κ2) is 4.71. The predicted octanol–water partition coefficient (Wildman–Crippen LogP) is 3.61. The first kappa shape index (κ1) is 13.3. The number of nitrogens with zero attached hydrogens (tertiary/aromatic N) is 1. The van der Waals surface area contributed by atoms with Crippen molar-refractivity contribution in [1.82, 2.24) is 4.90 Å². The molecule has 0 saturated carbocycles. The first-order chi connectivity index (χ1) is 9.67. The number of hydrogen-bond donors (Lipinski definition) is 0. The summed E-state index contributed by atoms with van der Waals surface area (Å²) in [5.41, 5.74) is 0.327. The SMILES string of the molecule is C=C/C=C/C1(C(=O)c2ccccc2)N2CCCCC21C. The van der Waals surface area contributed by atoms with Gasteiger partial charge in [0.25, 0.3) is 0 Å². The Labute approximate surface area is 120 Å². The zero-order valence-corrected chi connectivity index (χ0v) is 12.0. The van der Waals surface area contributed by atoms with Crippen LogP contribution in [0.4, 0.5) is 0 Å². The molecule has 2 fully saturated rings. The van der Waals surface area contributed by atoms with E-state index < -0.39 is 5.54 Å². The molecule has 3 atom stereocenters. The lowest BCUT2D eigenvalue weighted by Gasteiger charge is -2.17. The number of carbonyl (C=O) groups excluding carboxylic acids is 1. The fourth-order valence-electron chi connectivity index (χ4n) is 3.83. The van der Waals surface area contributed by atoms with Crippen LogP contribution < -0.4 is 0 Å². The zero-order chi connectivity index (χ0) is 14.2. The van der Waals surface area contributed by atoms with Crippen molar-refractivity contribution in [3.8, 4) is 0 Å². The van der Waals surface area contributed by atoms with Crippen molar-refractivity contribution in [3.05, 3.63) is 60.7 Å². The first-order valence-corrected chi connectivity index (χ1v) is 7.35. The van der Waals surface area contributed by atoms with Gasteiger partial charge in [-0.3, -0.25) is 9.69 Å². The molecule has 2 heterocycles. The topological polar surface area (TPSA) is 20.1 Å². The van der Waals surface area contributed by atoms with Crippen molar-refractivity contribution < 1.29 is 4.79 Å². The van der Waals surface area contributed by atoms with E-state index in [4.69, 9.17) is 0 Å². The molecule has 2 saturated heterocycles. The van der Waals surface area contributed by atoms with Gasteiger partial charge in [0.15, 0.2) is 5.78 Å². The lowest BCUT2D eigenvalue weighted by molar-refractivity contribution is 0.0939. The molecule has 0 amide bonds. The molecule has 1 aromatic rings. The van der Waals surface area contributed by atoms with Crippen LogP contribution >= 0.6 is 0 Å². The maximum absolute atomic E-state index is 13.1. The molecule has 2 aliphatic rings. The van der Waals surface area contributed by atoms with E-state index in [1.165, 1.54) is 12.8 Å². The lowest BCUT2D eigenvalue weighted by atomic mass is 9.83. The average Bonchev–Trinajstić information content (AvgIpc) is 3.05. The van der Waals surface area contributed by atoms with Gasteiger partial charge in [-0.05, 0) is 19.8 Å². The Balaban J connectivity index is 2.03. The molecule has 1 aromatic carbocycles. The van der Waals surface area contributed by atoms with E-state index in [1.807, 2.05) is 36.4 Å². The number of allylic oxidation sites excluding steroid dienone is 2. The minimum Gasteiger partial charge on any atom is -0.292 e. The fraction of sp³-hybridized carbons (Fsp3) is 0.389. The van der Waals surface area contributed by atoms with Gasteiger partial charge in [0.2, 0.25) is 0 Å². The number of hydrogen-bond acceptors (Lipinski definition) is 2. The lowest BCUT2D eigenvalue weighted by Crippen LogP contribution is -2.31. The van der Waals surface area contributed by atoms with Crippen LogP contribution in [0.15, 0.2) is 55.1 Å². The van der Waals surface area contributed by atoms with E-state index in [1.54, 1.807) is 6.08 Å². The Morgan fingerprint density at radius 2 is 2.05 bits per heavy atom. The zero-order valence-electron chi connectivity index (χ0n) is 12.0. The largest absolute Gasteiger partial charge is 0.292 e. The molecule has 0 N–H and O–H groups in total. The predicted molar refractivity (Wildman–Crippen MR) is 81.8 cm³/mol. The van der Waals surface area contributed by atoms with Gasteiger partial charge in [-0.25, -0.2) is 0 Å². The quantitative estimate of drug-likeness (QED) is 0.472. The highest BCUT2D eigenvalue weighted by atomic mass is 16.1. The normalized spacial score (nSPS) is 35.5. The van der Waals surface area contributed by atoms with Gasteiger partial charge in [0.05, 0.1) is 0 Å². The van der Waals surface area contributed by atoms with Gasteiger partial charge in [-0.15, -0.1) is 0 Å². The molecule has 0 aromatic heterocycles. The van der Waals surface area contributed by atoms with E-state index in [2.05, 4.69) is 24.5 Å². The van der Waals surface area contributed by atoms with E-state index in [9.17, 15) is 4.79 Å². The van der Waals surface area contributed by atoms with Gasteiger partial charge in [0, 0.05) is 17.6 Å². The van der Waals surface area contributed by atoms with Gasteiger partial charge < -0.3 is 0 Å². The van der Waals surface area contributed by atoms with Crippen LogP contribution in [0.2, 0.25) is 0 Å². The maximum Gasteiger partial charge on any atom is 0.188 e. The summed E-state index contributed by atoms with van der Waals surface area (Å²) < 4.78 is 0. The van der Waals surface area contributed by atoms with E-state index in [0.29, 0.717) is 0 Å². The molecule has 0 radical (unpaired) electrons. The van der Waals surface area contributed by atoms with Crippen molar-refractivity contribution in [1.29, 1.82) is 0 Å². The number of ketones is 1. The molecule has 3 unspecified atom stereocenters. The monoisotopic (exact) mass is 267 g/mol. The number of carbonyl (C=O) groups is 1. The summed E-state index contributed by atoms with van der Waals surface area (Å²) in [4.78, 5) is 15.4. The molecule has 2 aliphatic heterocycles. The second-order valence-electron chi connectivity index (χ2n) is 5.94. The molecule has 0 aliphatic carbocycles. The minimum atomic E-state index is -0.459. The standard InChI is InChI=1S/C18H21NO/c1-3-4-13-18(16(20)15-10-6-5-7-11-15)17(2)12-8-9-14-19(17)18/h3-7,10-11,13H,1,8-9,12,14H2,2H3/b13-4+. The van der Waals surface area contributed by atoms with Crippen LogP contribution in [0, 0.1) is 0 Å². The van der Waals surface area contributed by atoms with Crippen LogP contribution in [-0.4, -0.2) is 28.3 Å². The number of Topliss-reactive ketones (excluding diaryl/α,β-unsaturated/α-hetero) is 1. The average molecular weight is 267 g/mol. The molecule has 20 heavy (non-hydrogen) atoms. The third-order valence-electron chi connectivity index (χ3n) is 4.94. The molecule has 3 rings (SSSR count). The van der Waals surface area contributed by atoms with E-state index >= 15 is 0 Å². The number of benzene rings is 1. The highest BCUT2D eigenvalue weighted by molar-refractivity contribution is 6.08. The number of rotatable bonds is 4. The summed E-state index contributed by atoms with van der Waals surface area (Å²) >= 11 is 0. The van der Waals surface area contributed by atoms with Crippen molar-refractivity contribution in [2.45, 2.75) is 37.3 Å². The highest BCUT2D eigenvalue weighted by Gasteiger charge is 2.74. The first-order valence-electron chi connectivity index (χ1n) is 7.35. The Morgan fingerprint density at radius 3 is 2.65 bits per heavy atom. The molecule has 2 heteroatoms. The Bertz CT molecular complexity index is 562. The summed E-state index contributed by atoms with van der Waals surface area (Å²) in [5, 5.41) is 0. The summed E-state index contributed by atoms with van der Waals surface area (Å²) in [6.07, 6.45) is 9.22. The van der Waals surface area contributed by atoms with Crippen LogP contribution in [0.1, 0.15) is 36.5 Å². The van der Waals surface area contributed by atoms with Crippen molar-refractivity contribution >= 4 is 5.78 Å². The second-order valence-corrected chi connectivity index (χ2v) is 5.94. The molecular formula is C18H21NO. The van der Waals surface area contributed by atoms with Gasteiger partial charge >= 0.3 is 0 Å². The molecule has 2 nitrogen and oxygen atoms in total. The third-order valence-corrected chi connectivity index (χ3v) is 4.94. The Hall–Kier alpha value is -1.67. The Morgan fingerprint density at radius 1 is 1.30 bits per heavy atom. The van der Waals surface area contributed by atoms with Crippen LogP contribution in [-0.2, 0) is 0 Å². The van der Waals surface area contributed by atoms with E-state index in [0.717, 1.165) is 18.5 Å². The van der Waals surface area contributed by atoms with Crippen LogP contribution in [0.3, 0.4) is 0 Å². The van der Waals surface area contributed by atoms with Crippen molar-refractivity contribution in [2.75, 3.05) is 6.54 Å². The summed E-state index contributed by atoms with van der Waals surface area (Å²) in [6, 6.07) is 9.65. The van der Waals surface area contributed by atoms with Crippen LogP contribution in [0.25, 0.3) is 0 Å². The molecule has 0 spiro atoms. The van der Waals surface area contributed by atoms with Crippen LogP contribution in [0.5, 0.6) is 0 Å². The molecule has 0 bridgehead atoms. The van der Waals surface area contributed by atoms with Gasteiger partial charge in [-0.1, -0.05) is 61.6 Å². The third kappa shape index (κ3) is 1.64. The fourth-order valence-corrected chi connectivity index (χ4v) is 3.83. The van der Waals surface area contributed by atoms with Crippen molar-refractivity contribution in [2.24, 2.45) is 0 Å². The Kier molecular flexibility index (Phi) is 3.14. The molecule has 104 valence electrons. The smallest absolute Gasteiger partial charge is 0.188 e. The molecular weight excluding hydrogens is 246 g/mol. The summed E-state index contributed by atoms with van der Waals surface area (Å²) in [7, 11) is 0. The van der Waals surface area contributed by atoms with Crippen molar-refractivity contribution in [3.63, 3.8) is 0 Å². The minimum absolute atomic E-state index is 0.0162. The summed E-state index contributed by atoms with van der Waals surface area (Å²) in [5.74, 6) is 0.223. The highest BCUT2D eigenvalue weighted by Crippen LogP contribution is 2.59. The van der Waals surface area contributed by atoms with Gasteiger partial charge in [-0.2, -0.15) is 0 Å². The maximum atomic E-state index is 13.1. The van der Waals surface area contributed by atoms with Gasteiger partial charge in [0.1, 0.15) is 5.54 Å². The van der Waals surface area contributed by atoms with E-state index in [-0.39, 0.29) is 11.3 Å². The summed E-state index contributed by atoms with van der Waals surface area (Å²) in [6.45, 7) is 6.98. The number of piperidine rings is 1.